The number of aromatic nitrogens is 1. The Morgan fingerprint density at radius 2 is 1.81 bits per heavy atom. The lowest BCUT2D eigenvalue weighted by Crippen LogP contribution is -2.48. The van der Waals surface area contributed by atoms with Gasteiger partial charge in [-0.15, -0.1) is 0 Å². The molecule has 1 aromatic heterocycles. The van der Waals surface area contributed by atoms with E-state index in [-0.39, 0.29) is 23.0 Å². The molecule has 4 fully saturated rings. The number of hydrogen-bond donors (Lipinski definition) is 1. The molecule has 136 valence electrons. The molecule has 4 saturated carbocycles. The Morgan fingerprint density at radius 3 is 2.42 bits per heavy atom. The van der Waals surface area contributed by atoms with Crippen molar-refractivity contribution in [3.63, 3.8) is 0 Å². The number of hydrogen-bond acceptors (Lipinski definition) is 3. The molecule has 2 aromatic rings. The van der Waals surface area contributed by atoms with Crippen LogP contribution in [0.4, 0.5) is 0 Å². The van der Waals surface area contributed by atoms with Crippen LogP contribution in [-0.4, -0.2) is 17.6 Å². The monoisotopic (exact) mass is 351 g/mol. The summed E-state index contributed by atoms with van der Waals surface area (Å²) >= 11 is 0. The average molecular weight is 351 g/mol. The first-order valence-electron chi connectivity index (χ1n) is 9.91. The second-order valence-electron chi connectivity index (χ2n) is 8.71. The maximum Gasteiger partial charge on any atom is 0.343 e. The second-order valence-corrected chi connectivity index (χ2v) is 8.71. The molecule has 4 aliphatic carbocycles. The third kappa shape index (κ3) is 2.34. The van der Waals surface area contributed by atoms with E-state index in [9.17, 15) is 9.59 Å². The largest absolute Gasteiger partial charge is 0.462 e. The van der Waals surface area contributed by atoms with Crippen LogP contribution in [-0.2, 0) is 10.2 Å². The van der Waals surface area contributed by atoms with Gasteiger partial charge in [0.1, 0.15) is 5.56 Å². The van der Waals surface area contributed by atoms with Crippen LogP contribution in [0.5, 0.6) is 0 Å². The predicted octanol–water partition coefficient (Wildman–Crippen LogP) is 4.17. The molecule has 0 amide bonds. The van der Waals surface area contributed by atoms with E-state index in [1.165, 1.54) is 50.3 Å². The van der Waals surface area contributed by atoms with Gasteiger partial charge in [0, 0.05) is 17.1 Å². The molecule has 1 aromatic carbocycles. The van der Waals surface area contributed by atoms with Gasteiger partial charge in [-0.05, 0) is 86.3 Å². The van der Waals surface area contributed by atoms with Gasteiger partial charge >= 0.3 is 5.97 Å². The third-order valence-electron chi connectivity index (χ3n) is 7.03. The summed E-state index contributed by atoms with van der Waals surface area (Å²) < 4.78 is 5.03. The molecule has 4 aliphatic rings. The van der Waals surface area contributed by atoms with E-state index in [1.807, 2.05) is 6.07 Å². The number of nitrogens with one attached hydrogen (secondary N) is 1. The Kier molecular flexibility index (Phi) is 3.53. The summed E-state index contributed by atoms with van der Waals surface area (Å²) in [5.41, 5.74) is 2.22. The zero-order valence-electron chi connectivity index (χ0n) is 15.2. The topological polar surface area (TPSA) is 59.2 Å². The van der Waals surface area contributed by atoms with Crippen LogP contribution >= 0.6 is 0 Å². The number of rotatable bonds is 3. The van der Waals surface area contributed by atoms with Gasteiger partial charge in [-0.3, -0.25) is 4.79 Å². The highest BCUT2D eigenvalue weighted by Crippen LogP contribution is 2.60. The van der Waals surface area contributed by atoms with E-state index < -0.39 is 5.97 Å². The van der Waals surface area contributed by atoms with Crippen molar-refractivity contribution >= 4 is 16.9 Å². The number of H-pyrrole nitrogens is 1. The summed E-state index contributed by atoms with van der Waals surface area (Å²) in [7, 11) is 0. The molecule has 4 heteroatoms. The van der Waals surface area contributed by atoms with Gasteiger partial charge < -0.3 is 9.72 Å². The standard InChI is InChI=1S/C22H25NO3/c1-2-26-21(25)18-12-23-19-4-3-16(8-17(19)20(18)24)22-9-13-5-14(10-22)7-15(6-13)11-22/h3-4,8,12-15H,2,5-7,9-11H2,1H3,(H,23,24). The van der Waals surface area contributed by atoms with Gasteiger partial charge in [-0.25, -0.2) is 4.79 Å². The highest BCUT2D eigenvalue weighted by molar-refractivity contribution is 5.93. The molecule has 0 aliphatic heterocycles. The van der Waals surface area contributed by atoms with E-state index in [4.69, 9.17) is 4.74 Å². The lowest BCUT2D eigenvalue weighted by Gasteiger charge is -2.57. The first-order valence-corrected chi connectivity index (χ1v) is 9.91. The molecule has 6 rings (SSSR count). The molecule has 1 N–H and O–H groups in total. The summed E-state index contributed by atoms with van der Waals surface area (Å²) in [6.07, 6.45) is 9.48. The van der Waals surface area contributed by atoms with Crippen molar-refractivity contribution in [2.75, 3.05) is 6.61 Å². The quantitative estimate of drug-likeness (QED) is 0.844. The third-order valence-corrected chi connectivity index (χ3v) is 7.03. The first-order chi connectivity index (χ1) is 12.6. The van der Waals surface area contributed by atoms with Gasteiger partial charge in [0.25, 0.3) is 0 Å². The van der Waals surface area contributed by atoms with Crippen LogP contribution < -0.4 is 5.43 Å². The minimum Gasteiger partial charge on any atom is -0.462 e. The van der Waals surface area contributed by atoms with E-state index in [1.54, 1.807) is 6.92 Å². The van der Waals surface area contributed by atoms with Gasteiger partial charge in [0.05, 0.1) is 6.61 Å². The van der Waals surface area contributed by atoms with Crippen LogP contribution in [0, 0.1) is 17.8 Å². The molecule has 0 spiro atoms. The van der Waals surface area contributed by atoms with Gasteiger partial charge in [-0.1, -0.05) is 6.07 Å². The Morgan fingerprint density at radius 1 is 1.15 bits per heavy atom. The zero-order valence-corrected chi connectivity index (χ0v) is 15.2. The Balaban J connectivity index is 1.60. The first kappa shape index (κ1) is 16.1. The molecule has 0 saturated heterocycles. The maximum absolute atomic E-state index is 12.9. The zero-order chi connectivity index (χ0) is 17.9. The number of carbonyl (C=O) groups is 1. The minimum absolute atomic E-state index is 0.0991. The highest BCUT2D eigenvalue weighted by atomic mass is 16.5. The predicted molar refractivity (Wildman–Crippen MR) is 100 cm³/mol. The van der Waals surface area contributed by atoms with Crippen LogP contribution in [0.2, 0.25) is 0 Å². The van der Waals surface area contributed by atoms with Crippen molar-refractivity contribution in [1.29, 1.82) is 0 Å². The number of fused-ring (bicyclic) bond motifs is 1. The molecular formula is C22H25NO3. The van der Waals surface area contributed by atoms with Crippen molar-refractivity contribution in [1.82, 2.24) is 4.98 Å². The lowest BCUT2D eigenvalue weighted by atomic mass is 9.48. The Labute approximate surface area is 152 Å². The Hall–Kier alpha value is -2.10. The molecule has 4 bridgehead atoms. The van der Waals surface area contributed by atoms with Crippen molar-refractivity contribution in [2.24, 2.45) is 17.8 Å². The van der Waals surface area contributed by atoms with Gasteiger partial charge in [0.2, 0.25) is 5.43 Å². The summed E-state index contributed by atoms with van der Waals surface area (Å²) in [6, 6.07) is 6.28. The fraction of sp³-hybridized carbons (Fsp3) is 0.545. The smallest absolute Gasteiger partial charge is 0.343 e. The maximum atomic E-state index is 12.9. The Bertz CT molecular complexity index is 907. The number of esters is 1. The number of ether oxygens (including phenoxy) is 1. The highest BCUT2D eigenvalue weighted by Gasteiger charge is 2.51. The van der Waals surface area contributed by atoms with Crippen LogP contribution in [0.3, 0.4) is 0 Å². The van der Waals surface area contributed by atoms with Crippen molar-refractivity contribution < 1.29 is 9.53 Å². The molecule has 0 unspecified atom stereocenters. The molecule has 4 nitrogen and oxygen atoms in total. The molecule has 0 atom stereocenters. The molecule has 1 heterocycles. The van der Waals surface area contributed by atoms with Crippen molar-refractivity contribution in [3.05, 3.63) is 45.7 Å². The fourth-order valence-electron chi connectivity index (χ4n) is 6.37. The van der Waals surface area contributed by atoms with E-state index in [0.717, 1.165) is 23.3 Å². The summed E-state index contributed by atoms with van der Waals surface area (Å²) in [4.78, 5) is 28.1. The van der Waals surface area contributed by atoms with Crippen LogP contribution in [0.15, 0.2) is 29.2 Å². The normalized spacial score (nSPS) is 32.1. The number of carbonyl (C=O) groups excluding carboxylic acids is 1. The van der Waals surface area contributed by atoms with Crippen molar-refractivity contribution in [3.8, 4) is 0 Å². The molecule has 0 radical (unpaired) electrons. The van der Waals surface area contributed by atoms with Gasteiger partial charge in [0.15, 0.2) is 0 Å². The van der Waals surface area contributed by atoms with Crippen LogP contribution in [0.1, 0.15) is 61.4 Å². The van der Waals surface area contributed by atoms with Gasteiger partial charge in [-0.2, -0.15) is 0 Å². The SMILES string of the molecule is CCOC(=O)c1c[nH]c2ccc(C34CC5CC(CC(C5)C3)C4)cc2c1=O. The summed E-state index contributed by atoms with van der Waals surface area (Å²) in [6.45, 7) is 2.02. The number of pyridine rings is 1. The number of benzene rings is 1. The van der Waals surface area contributed by atoms with Crippen molar-refractivity contribution in [2.45, 2.75) is 50.9 Å². The second kappa shape index (κ2) is 5.70. The fourth-order valence-corrected chi connectivity index (χ4v) is 6.37. The average Bonchev–Trinajstić information content (AvgIpc) is 2.61. The van der Waals surface area contributed by atoms with E-state index in [2.05, 4.69) is 17.1 Å². The van der Waals surface area contributed by atoms with E-state index >= 15 is 0 Å². The molecule has 26 heavy (non-hydrogen) atoms. The lowest BCUT2D eigenvalue weighted by molar-refractivity contribution is -0.00513. The summed E-state index contributed by atoms with van der Waals surface area (Å²) in [5.74, 6) is 2.04. The van der Waals surface area contributed by atoms with E-state index in [0.29, 0.717) is 5.39 Å². The minimum atomic E-state index is -0.546. The summed E-state index contributed by atoms with van der Waals surface area (Å²) in [5, 5.41) is 0.615. The van der Waals surface area contributed by atoms with Crippen LogP contribution in [0.25, 0.3) is 10.9 Å². The number of aromatic amines is 1. The molecular weight excluding hydrogens is 326 g/mol.